The molecule has 1 heterocycles. The van der Waals surface area contributed by atoms with Crippen LogP contribution in [0.4, 0.5) is 0 Å². The predicted molar refractivity (Wildman–Crippen MR) is 94.6 cm³/mol. The highest BCUT2D eigenvalue weighted by atomic mass is 32.2. The Morgan fingerprint density at radius 1 is 0.857 bits per heavy atom. The molecule has 1 fully saturated rings. The van der Waals surface area contributed by atoms with E-state index >= 15 is 0 Å². The zero-order valence-corrected chi connectivity index (χ0v) is 15.4. The molecule has 0 bridgehead atoms. The highest BCUT2D eigenvalue weighted by molar-refractivity contribution is 8.01. The Morgan fingerprint density at radius 3 is 1.90 bits per heavy atom. The molecule has 0 N–H and O–H groups in total. The Hall–Kier alpha value is -0.430. The molecule has 1 aromatic carbocycles. The molecule has 0 aromatic heterocycles. The number of rotatable bonds is 0. The van der Waals surface area contributed by atoms with E-state index in [0.717, 1.165) is 0 Å². The average molecular weight is 303 g/mol. The van der Waals surface area contributed by atoms with E-state index in [4.69, 9.17) is 0 Å². The highest BCUT2D eigenvalue weighted by Crippen LogP contribution is 2.57. The molecule has 1 saturated carbocycles. The maximum absolute atomic E-state index is 2.42. The van der Waals surface area contributed by atoms with Crippen molar-refractivity contribution in [2.75, 3.05) is 0 Å². The maximum Gasteiger partial charge on any atom is 0.0248 e. The van der Waals surface area contributed by atoms with Gasteiger partial charge in [0.1, 0.15) is 0 Å². The molecule has 0 atom stereocenters. The summed E-state index contributed by atoms with van der Waals surface area (Å²) >= 11 is 2.23. The molecule has 21 heavy (non-hydrogen) atoms. The van der Waals surface area contributed by atoms with Crippen LogP contribution in [0.2, 0.25) is 0 Å². The van der Waals surface area contributed by atoms with Gasteiger partial charge >= 0.3 is 0 Å². The largest absolute Gasteiger partial charge is 0.118 e. The van der Waals surface area contributed by atoms with Crippen molar-refractivity contribution in [1.29, 1.82) is 0 Å². The van der Waals surface area contributed by atoms with Gasteiger partial charge in [-0.15, -0.1) is 11.8 Å². The molecule has 1 spiro atoms. The average Bonchev–Trinajstić information content (AvgIpc) is 2.92. The number of fused-ring (bicyclic) bond motifs is 1. The van der Waals surface area contributed by atoms with E-state index in [2.05, 4.69) is 65.4 Å². The van der Waals surface area contributed by atoms with Gasteiger partial charge in [0, 0.05) is 9.64 Å². The standard InChI is InChI=1S/C20H30S/c1-18(2,3)15-9-10-16(19(4,5)6)17-14(15)13-20(21-17)11-7-8-12-20/h9-10H,7-8,11-13H2,1-6H3. The SMILES string of the molecule is CC(C)(C)c1ccc(C(C)(C)C)c2c1CC1(CCCC1)S2. The Balaban J connectivity index is 2.15. The van der Waals surface area contributed by atoms with Gasteiger partial charge in [0.05, 0.1) is 0 Å². The molecule has 0 amide bonds. The lowest BCUT2D eigenvalue weighted by Gasteiger charge is -2.27. The summed E-state index contributed by atoms with van der Waals surface area (Å²) in [6.07, 6.45) is 7.00. The molecule has 0 nitrogen and oxygen atoms in total. The van der Waals surface area contributed by atoms with Crippen molar-refractivity contribution >= 4 is 11.8 Å². The van der Waals surface area contributed by atoms with Crippen LogP contribution < -0.4 is 0 Å². The van der Waals surface area contributed by atoms with E-state index in [1.54, 1.807) is 21.6 Å². The van der Waals surface area contributed by atoms with Gasteiger partial charge in [0.2, 0.25) is 0 Å². The van der Waals surface area contributed by atoms with Gasteiger partial charge in [-0.25, -0.2) is 0 Å². The summed E-state index contributed by atoms with van der Waals surface area (Å²) in [6.45, 7) is 14.2. The summed E-state index contributed by atoms with van der Waals surface area (Å²) in [7, 11) is 0. The van der Waals surface area contributed by atoms with Crippen LogP contribution in [0.25, 0.3) is 0 Å². The van der Waals surface area contributed by atoms with Crippen LogP contribution in [0.3, 0.4) is 0 Å². The van der Waals surface area contributed by atoms with Crippen LogP contribution >= 0.6 is 11.8 Å². The van der Waals surface area contributed by atoms with Gasteiger partial charge in [-0.2, -0.15) is 0 Å². The molecule has 0 radical (unpaired) electrons. The second kappa shape index (κ2) is 4.78. The normalized spacial score (nSPS) is 21.0. The Morgan fingerprint density at radius 2 is 1.38 bits per heavy atom. The molecule has 0 unspecified atom stereocenters. The highest BCUT2D eigenvalue weighted by Gasteiger charge is 2.44. The minimum atomic E-state index is 0.248. The fourth-order valence-electron chi connectivity index (χ4n) is 4.09. The van der Waals surface area contributed by atoms with Crippen LogP contribution in [-0.4, -0.2) is 4.75 Å². The molecule has 116 valence electrons. The van der Waals surface area contributed by atoms with E-state index < -0.39 is 0 Å². The van der Waals surface area contributed by atoms with E-state index in [-0.39, 0.29) is 10.8 Å². The molecule has 1 aliphatic carbocycles. The molecule has 2 aliphatic rings. The molecule has 1 heteroatoms. The van der Waals surface area contributed by atoms with Gasteiger partial charge in [0.15, 0.2) is 0 Å². The fourth-order valence-corrected chi connectivity index (χ4v) is 6.02. The molecule has 1 aromatic rings. The first-order valence-electron chi connectivity index (χ1n) is 8.48. The number of hydrogen-bond donors (Lipinski definition) is 0. The van der Waals surface area contributed by atoms with Crippen LogP contribution in [0.1, 0.15) is 83.9 Å². The van der Waals surface area contributed by atoms with E-state index in [0.29, 0.717) is 4.75 Å². The van der Waals surface area contributed by atoms with E-state index in [9.17, 15) is 0 Å². The van der Waals surface area contributed by atoms with E-state index in [1.165, 1.54) is 32.1 Å². The molecular weight excluding hydrogens is 272 g/mol. The quantitative estimate of drug-likeness (QED) is 0.546. The molecule has 0 saturated heterocycles. The third kappa shape index (κ3) is 2.67. The van der Waals surface area contributed by atoms with Crippen molar-refractivity contribution in [3.05, 3.63) is 28.8 Å². The Kier molecular flexibility index (Phi) is 3.52. The zero-order valence-electron chi connectivity index (χ0n) is 14.6. The first-order valence-corrected chi connectivity index (χ1v) is 9.30. The van der Waals surface area contributed by atoms with Gasteiger partial charge in [-0.3, -0.25) is 0 Å². The second-order valence-corrected chi connectivity index (χ2v) is 10.6. The first kappa shape index (κ1) is 15.5. The summed E-state index contributed by atoms with van der Waals surface area (Å²) in [5.74, 6) is 0. The first-order chi connectivity index (χ1) is 9.62. The molecule has 1 aliphatic heterocycles. The van der Waals surface area contributed by atoms with Crippen LogP contribution in [0, 0.1) is 0 Å². The summed E-state index contributed by atoms with van der Waals surface area (Å²) in [6, 6.07) is 4.84. The van der Waals surface area contributed by atoms with Crippen molar-refractivity contribution < 1.29 is 0 Å². The Bertz CT molecular complexity index is 503. The van der Waals surface area contributed by atoms with E-state index in [1.807, 2.05) is 0 Å². The fraction of sp³-hybridized carbons (Fsp3) is 0.700. The third-order valence-corrected chi connectivity index (χ3v) is 6.86. The monoisotopic (exact) mass is 302 g/mol. The predicted octanol–water partition coefficient (Wildman–Crippen LogP) is 6.24. The summed E-state index contributed by atoms with van der Waals surface area (Å²) < 4.78 is 0.531. The van der Waals surface area contributed by atoms with Crippen molar-refractivity contribution in [1.82, 2.24) is 0 Å². The van der Waals surface area contributed by atoms with Crippen molar-refractivity contribution in [3.63, 3.8) is 0 Å². The molecule has 3 rings (SSSR count). The molecular formula is C20H30S. The summed E-state index contributed by atoms with van der Waals surface area (Å²) in [4.78, 5) is 1.64. The van der Waals surface area contributed by atoms with Gasteiger partial charge in [-0.1, -0.05) is 66.5 Å². The van der Waals surface area contributed by atoms with Gasteiger partial charge in [-0.05, 0) is 46.8 Å². The van der Waals surface area contributed by atoms with Crippen molar-refractivity contribution in [2.45, 2.75) is 94.1 Å². The van der Waals surface area contributed by atoms with Crippen LogP contribution in [0.5, 0.6) is 0 Å². The van der Waals surface area contributed by atoms with Crippen molar-refractivity contribution in [3.8, 4) is 0 Å². The third-order valence-electron chi connectivity index (χ3n) is 5.21. The smallest absolute Gasteiger partial charge is 0.0248 e. The number of thioether (sulfide) groups is 1. The topological polar surface area (TPSA) is 0 Å². The van der Waals surface area contributed by atoms with Gasteiger partial charge < -0.3 is 0 Å². The zero-order chi connectivity index (χ0) is 15.5. The summed E-state index contributed by atoms with van der Waals surface area (Å²) in [5, 5.41) is 0. The summed E-state index contributed by atoms with van der Waals surface area (Å²) in [5.41, 5.74) is 5.34. The lowest BCUT2D eigenvalue weighted by atomic mass is 9.77. The van der Waals surface area contributed by atoms with Crippen LogP contribution in [-0.2, 0) is 17.3 Å². The maximum atomic E-state index is 2.42. The minimum Gasteiger partial charge on any atom is -0.118 e. The van der Waals surface area contributed by atoms with Crippen LogP contribution in [0.15, 0.2) is 17.0 Å². The number of hydrogen-bond acceptors (Lipinski definition) is 1. The lowest BCUT2D eigenvalue weighted by molar-refractivity contribution is 0.550. The minimum absolute atomic E-state index is 0.248. The van der Waals surface area contributed by atoms with Crippen molar-refractivity contribution in [2.24, 2.45) is 0 Å². The lowest BCUT2D eigenvalue weighted by Crippen LogP contribution is -2.21. The Labute approximate surface area is 135 Å². The number of benzene rings is 1. The van der Waals surface area contributed by atoms with Gasteiger partial charge in [0.25, 0.3) is 0 Å². The second-order valence-electron chi connectivity index (χ2n) is 9.14.